The molecule has 0 spiro atoms. The van der Waals surface area contributed by atoms with Crippen molar-refractivity contribution in [2.24, 2.45) is 0 Å². The maximum Gasteiger partial charge on any atom is 0.276 e. The van der Waals surface area contributed by atoms with Crippen LogP contribution in [0.25, 0.3) is 0 Å². The Kier molecular flexibility index (Phi) is 1.61. The van der Waals surface area contributed by atoms with Gasteiger partial charge in [-0.25, -0.2) is 0 Å². The normalized spacial score (nSPS) is 29.9. The molecule has 1 aromatic rings. The lowest BCUT2D eigenvalue weighted by molar-refractivity contribution is 0.0401. The first-order valence-corrected chi connectivity index (χ1v) is 4.81. The molecule has 5 heteroatoms. The number of hydrogen-bond acceptors (Lipinski definition) is 4. The Labute approximate surface area is 81.0 Å². The molecule has 2 saturated heterocycles. The molecule has 2 aliphatic heterocycles. The number of rotatable bonds is 1. The lowest BCUT2D eigenvalue weighted by Gasteiger charge is -2.43. The maximum absolute atomic E-state index is 11.8. The minimum absolute atomic E-state index is 0.0105. The van der Waals surface area contributed by atoms with Crippen molar-refractivity contribution in [3.05, 3.63) is 18.0 Å². The van der Waals surface area contributed by atoms with E-state index in [9.17, 15) is 4.79 Å². The molecule has 74 valence electrons. The second-order valence-corrected chi connectivity index (χ2v) is 3.76. The summed E-state index contributed by atoms with van der Waals surface area (Å²) in [6.45, 7) is 1.81. The summed E-state index contributed by atoms with van der Waals surface area (Å²) in [4.78, 5) is 13.7. The van der Waals surface area contributed by atoms with Gasteiger partial charge in [0.15, 0.2) is 5.69 Å². The highest BCUT2D eigenvalue weighted by molar-refractivity contribution is 5.93. The third-order valence-corrected chi connectivity index (χ3v) is 3.02. The number of hydrogen-bond donors (Lipinski definition) is 1. The fourth-order valence-corrected chi connectivity index (χ4v) is 2.23. The summed E-state index contributed by atoms with van der Waals surface area (Å²) < 4.78 is 4.65. The highest BCUT2D eigenvalue weighted by Crippen LogP contribution is 2.26. The molecule has 0 aromatic carbocycles. The van der Waals surface area contributed by atoms with Gasteiger partial charge in [-0.3, -0.25) is 4.79 Å². The van der Waals surface area contributed by atoms with E-state index in [1.807, 2.05) is 4.90 Å². The van der Waals surface area contributed by atoms with Gasteiger partial charge in [-0.15, -0.1) is 0 Å². The number of likely N-dealkylation sites (tertiary alicyclic amines) is 1. The summed E-state index contributed by atoms with van der Waals surface area (Å²) in [6.07, 6.45) is 2.48. The molecule has 0 bridgehead atoms. The van der Waals surface area contributed by atoms with Crippen LogP contribution in [0.2, 0.25) is 0 Å². The first-order valence-electron chi connectivity index (χ1n) is 4.81. The first-order chi connectivity index (χ1) is 6.86. The number of carbonyl (C=O) groups is 1. The molecule has 1 aromatic heterocycles. The van der Waals surface area contributed by atoms with E-state index in [1.165, 1.54) is 6.26 Å². The largest absolute Gasteiger partial charge is 0.364 e. The second-order valence-electron chi connectivity index (χ2n) is 3.76. The van der Waals surface area contributed by atoms with Crippen molar-refractivity contribution in [1.29, 1.82) is 0 Å². The second kappa shape index (κ2) is 2.81. The fourth-order valence-electron chi connectivity index (χ4n) is 2.23. The Balaban J connectivity index is 1.75. The van der Waals surface area contributed by atoms with Crippen LogP contribution in [-0.4, -0.2) is 41.1 Å². The van der Waals surface area contributed by atoms with E-state index in [0.29, 0.717) is 17.8 Å². The third-order valence-electron chi connectivity index (χ3n) is 3.02. The van der Waals surface area contributed by atoms with Gasteiger partial charge in [0.2, 0.25) is 0 Å². The van der Waals surface area contributed by atoms with Gasteiger partial charge < -0.3 is 14.7 Å². The number of carbonyl (C=O) groups excluding carboxylic acids is 1. The quantitative estimate of drug-likeness (QED) is 0.674. The molecule has 0 aliphatic carbocycles. The monoisotopic (exact) mass is 193 g/mol. The van der Waals surface area contributed by atoms with Crippen LogP contribution < -0.4 is 5.32 Å². The van der Waals surface area contributed by atoms with Crippen molar-refractivity contribution in [1.82, 2.24) is 15.4 Å². The molecule has 2 aliphatic rings. The van der Waals surface area contributed by atoms with E-state index in [0.717, 1.165) is 19.5 Å². The van der Waals surface area contributed by atoms with Crippen LogP contribution in [0.4, 0.5) is 0 Å². The van der Waals surface area contributed by atoms with Gasteiger partial charge in [-0.2, -0.15) is 0 Å². The zero-order chi connectivity index (χ0) is 9.54. The highest BCUT2D eigenvalue weighted by atomic mass is 16.5. The zero-order valence-electron chi connectivity index (χ0n) is 7.64. The molecule has 1 amide bonds. The Bertz CT molecular complexity index is 349. The molecule has 2 atom stereocenters. The van der Waals surface area contributed by atoms with Gasteiger partial charge >= 0.3 is 0 Å². The molecule has 14 heavy (non-hydrogen) atoms. The van der Waals surface area contributed by atoms with Crippen LogP contribution in [0.15, 0.2) is 16.9 Å². The van der Waals surface area contributed by atoms with E-state index >= 15 is 0 Å². The van der Waals surface area contributed by atoms with Crippen molar-refractivity contribution in [3.8, 4) is 0 Å². The van der Waals surface area contributed by atoms with E-state index < -0.39 is 0 Å². The van der Waals surface area contributed by atoms with Gasteiger partial charge in [0.25, 0.3) is 5.91 Å². The van der Waals surface area contributed by atoms with Gasteiger partial charge in [0, 0.05) is 18.7 Å². The van der Waals surface area contributed by atoms with Crippen molar-refractivity contribution in [3.63, 3.8) is 0 Å². The molecule has 2 unspecified atom stereocenters. The minimum Gasteiger partial charge on any atom is -0.364 e. The lowest BCUT2D eigenvalue weighted by Crippen LogP contribution is -2.62. The van der Waals surface area contributed by atoms with Gasteiger partial charge in [-0.05, 0) is 13.0 Å². The molecule has 5 nitrogen and oxygen atoms in total. The smallest absolute Gasteiger partial charge is 0.276 e. The molecular formula is C9H11N3O2. The number of aromatic nitrogens is 1. The third kappa shape index (κ3) is 0.988. The van der Waals surface area contributed by atoms with E-state index in [4.69, 9.17) is 0 Å². The molecule has 3 rings (SSSR count). The van der Waals surface area contributed by atoms with Crippen molar-refractivity contribution in [2.75, 3.05) is 13.1 Å². The fraction of sp³-hybridized carbons (Fsp3) is 0.556. The van der Waals surface area contributed by atoms with Crippen LogP contribution in [0.3, 0.4) is 0 Å². The molecule has 2 fully saturated rings. The topological polar surface area (TPSA) is 58.4 Å². The summed E-state index contributed by atoms with van der Waals surface area (Å²) in [5.74, 6) is -0.0105. The molecule has 3 heterocycles. The average molecular weight is 193 g/mol. The van der Waals surface area contributed by atoms with Crippen LogP contribution in [0, 0.1) is 0 Å². The molecule has 1 N–H and O–H groups in total. The van der Waals surface area contributed by atoms with Crippen molar-refractivity contribution >= 4 is 5.91 Å². The standard InChI is InChI=1S/C9H11N3O2/c13-9(6-2-4-14-11-6)12-5-7-8(12)1-3-10-7/h2,4,7-8,10H,1,3,5H2. The maximum atomic E-state index is 11.8. The predicted molar refractivity (Wildman–Crippen MR) is 47.7 cm³/mol. The average Bonchev–Trinajstić information content (AvgIpc) is 2.75. The number of fused-ring (bicyclic) bond motifs is 1. The van der Waals surface area contributed by atoms with E-state index in [1.54, 1.807) is 6.07 Å². The lowest BCUT2D eigenvalue weighted by atomic mass is 9.97. The highest BCUT2D eigenvalue weighted by Gasteiger charge is 2.45. The summed E-state index contributed by atoms with van der Waals surface area (Å²) in [5.41, 5.74) is 0.412. The Hall–Kier alpha value is -1.36. The Morgan fingerprint density at radius 2 is 2.64 bits per heavy atom. The van der Waals surface area contributed by atoms with Gasteiger partial charge in [0.05, 0.1) is 6.04 Å². The number of amides is 1. The Morgan fingerprint density at radius 1 is 1.71 bits per heavy atom. The summed E-state index contributed by atoms with van der Waals surface area (Å²) >= 11 is 0. The summed E-state index contributed by atoms with van der Waals surface area (Å²) in [7, 11) is 0. The van der Waals surface area contributed by atoms with E-state index in [-0.39, 0.29) is 5.91 Å². The molecular weight excluding hydrogens is 182 g/mol. The number of nitrogens with zero attached hydrogens (tertiary/aromatic N) is 2. The van der Waals surface area contributed by atoms with Crippen LogP contribution in [0.1, 0.15) is 16.9 Å². The van der Waals surface area contributed by atoms with E-state index in [2.05, 4.69) is 15.0 Å². The minimum atomic E-state index is -0.0105. The number of nitrogens with one attached hydrogen (secondary N) is 1. The van der Waals surface area contributed by atoms with Crippen LogP contribution >= 0.6 is 0 Å². The Morgan fingerprint density at radius 3 is 3.36 bits per heavy atom. The summed E-state index contributed by atoms with van der Waals surface area (Å²) in [5, 5.41) is 7.00. The van der Waals surface area contributed by atoms with Crippen molar-refractivity contribution < 1.29 is 9.32 Å². The van der Waals surface area contributed by atoms with Gasteiger partial charge in [0.1, 0.15) is 6.26 Å². The van der Waals surface area contributed by atoms with Crippen LogP contribution in [0.5, 0.6) is 0 Å². The zero-order valence-corrected chi connectivity index (χ0v) is 7.64. The van der Waals surface area contributed by atoms with Gasteiger partial charge in [-0.1, -0.05) is 5.16 Å². The molecule has 0 radical (unpaired) electrons. The SMILES string of the molecule is O=C(c1ccon1)N1CC2NCCC21. The first kappa shape index (κ1) is 7.99. The summed E-state index contributed by atoms with van der Waals surface area (Å²) in [6, 6.07) is 2.49. The van der Waals surface area contributed by atoms with Crippen molar-refractivity contribution in [2.45, 2.75) is 18.5 Å². The molecule has 0 saturated carbocycles. The van der Waals surface area contributed by atoms with Crippen LogP contribution in [-0.2, 0) is 0 Å². The predicted octanol–water partition coefficient (Wildman–Crippen LogP) is -0.139.